The van der Waals surface area contributed by atoms with Gasteiger partial charge in [-0.25, -0.2) is 9.69 Å². The van der Waals surface area contributed by atoms with Gasteiger partial charge in [0.1, 0.15) is 12.2 Å². The van der Waals surface area contributed by atoms with Crippen molar-refractivity contribution < 1.29 is 23.9 Å². The highest BCUT2D eigenvalue weighted by atomic mass is 35.5. The third kappa shape index (κ3) is 5.22. The number of carbonyl (C=O) groups excluding carboxylic acids is 3. The van der Waals surface area contributed by atoms with Crippen molar-refractivity contribution in [2.75, 3.05) is 12.0 Å². The number of rotatable bonds is 6. The van der Waals surface area contributed by atoms with E-state index in [1.165, 1.54) is 13.2 Å². The summed E-state index contributed by atoms with van der Waals surface area (Å²) in [5, 5.41) is 4.66. The molecule has 0 aliphatic carbocycles. The van der Waals surface area contributed by atoms with E-state index in [-0.39, 0.29) is 17.2 Å². The van der Waals surface area contributed by atoms with Crippen molar-refractivity contribution in [1.29, 1.82) is 0 Å². The second-order valence-corrected chi connectivity index (χ2v) is 9.67. The lowest BCUT2D eigenvalue weighted by Gasteiger charge is -2.27. The molecule has 0 saturated carbocycles. The molecule has 0 aromatic heterocycles. The molecule has 39 heavy (non-hydrogen) atoms. The van der Waals surface area contributed by atoms with E-state index in [1.54, 1.807) is 24.3 Å². The molecule has 1 saturated heterocycles. The number of anilines is 1. The first-order valence-electron chi connectivity index (χ1n) is 12.2. The number of benzene rings is 4. The van der Waals surface area contributed by atoms with Gasteiger partial charge >= 0.3 is 6.03 Å². The van der Waals surface area contributed by atoms with Crippen molar-refractivity contribution >= 4 is 52.0 Å². The van der Waals surface area contributed by atoms with Gasteiger partial charge < -0.3 is 9.47 Å². The average Bonchev–Trinajstić information content (AvgIpc) is 2.89. The smallest absolute Gasteiger partial charge is 0.335 e. The van der Waals surface area contributed by atoms with Crippen LogP contribution in [0.3, 0.4) is 0 Å². The Bertz CT molecular complexity index is 1650. The van der Waals surface area contributed by atoms with Gasteiger partial charge in [-0.2, -0.15) is 0 Å². The fraction of sp³-hybridized carbons (Fsp3) is 0.129. The second-order valence-electron chi connectivity index (χ2n) is 9.26. The van der Waals surface area contributed by atoms with E-state index in [2.05, 4.69) is 5.32 Å². The first-order chi connectivity index (χ1) is 18.7. The molecule has 8 heteroatoms. The van der Waals surface area contributed by atoms with Gasteiger partial charge in [-0.15, -0.1) is 0 Å². The number of methoxy groups -OCH3 is 1. The molecule has 1 fully saturated rings. The van der Waals surface area contributed by atoms with Crippen molar-refractivity contribution in [2.24, 2.45) is 0 Å². The van der Waals surface area contributed by atoms with Gasteiger partial charge in [0.25, 0.3) is 11.8 Å². The van der Waals surface area contributed by atoms with Crippen molar-refractivity contribution in [3.63, 3.8) is 0 Å². The van der Waals surface area contributed by atoms with Crippen molar-refractivity contribution in [2.45, 2.75) is 20.5 Å². The molecule has 1 aliphatic rings. The number of barbiturate groups is 1. The first-order valence-corrected chi connectivity index (χ1v) is 12.6. The molecule has 4 aromatic carbocycles. The van der Waals surface area contributed by atoms with Gasteiger partial charge in [0.15, 0.2) is 11.5 Å². The van der Waals surface area contributed by atoms with Crippen molar-refractivity contribution in [1.82, 2.24) is 5.32 Å². The summed E-state index contributed by atoms with van der Waals surface area (Å²) < 4.78 is 11.6. The summed E-state index contributed by atoms with van der Waals surface area (Å²) in [7, 11) is 1.48. The number of urea groups is 1. The van der Waals surface area contributed by atoms with E-state index >= 15 is 0 Å². The fourth-order valence-corrected chi connectivity index (χ4v) is 4.94. The molecule has 196 valence electrons. The Morgan fingerprint density at radius 3 is 2.38 bits per heavy atom. The Balaban J connectivity index is 1.45. The molecule has 0 unspecified atom stereocenters. The maximum Gasteiger partial charge on any atom is 0.335 e. The minimum atomic E-state index is -0.806. The summed E-state index contributed by atoms with van der Waals surface area (Å²) in [6.45, 7) is 3.98. The van der Waals surface area contributed by atoms with Gasteiger partial charge in [0.05, 0.1) is 17.8 Å². The molecule has 0 bridgehead atoms. The summed E-state index contributed by atoms with van der Waals surface area (Å²) in [5.41, 5.74) is 3.34. The fourth-order valence-electron chi connectivity index (χ4n) is 4.67. The minimum absolute atomic E-state index is 0.212. The molecule has 1 N–H and O–H groups in total. The van der Waals surface area contributed by atoms with Crippen LogP contribution in [-0.2, 0) is 16.2 Å². The summed E-state index contributed by atoms with van der Waals surface area (Å²) in [6, 6.07) is 21.7. The molecule has 7 nitrogen and oxygen atoms in total. The highest BCUT2D eigenvalue weighted by molar-refractivity contribution is 6.39. The van der Waals surface area contributed by atoms with Gasteiger partial charge in [-0.05, 0) is 77.2 Å². The largest absolute Gasteiger partial charge is 0.493 e. The van der Waals surface area contributed by atoms with Crippen LogP contribution >= 0.6 is 11.6 Å². The van der Waals surface area contributed by atoms with Crippen LogP contribution in [-0.4, -0.2) is 25.0 Å². The predicted molar refractivity (Wildman–Crippen MR) is 151 cm³/mol. The van der Waals surface area contributed by atoms with E-state index in [0.29, 0.717) is 22.7 Å². The van der Waals surface area contributed by atoms with E-state index in [1.807, 2.05) is 62.4 Å². The van der Waals surface area contributed by atoms with Crippen molar-refractivity contribution in [3.05, 3.63) is 106 Å². The topological polar surface area (TPSA) is 84.9 Å². The van der Waals surface area contributed by atoms with Crippen LogP contribution in [0.1, 0.15) is 22.3 Å². The number of nitrogens with zero attached hydrogens (tertiary/aromatic N) is 1. The lowest BCUT2D eigenvalue weighted by Crippen LogP contribution is -2.54. The Hall–Kier alpha value is -4.62. The van der Waals surface area contributed by atoms with Crippen LogP contribution in [0.2, 0.25) is 5.02 Å². The standard InChI is InChI=1S/C31H25ClN2O5/c1-18-11-19(2)13-23(12-18)34-30(36)25(29(35)33-31(34)37)14-20-15-26(32)28(27(16-20)38-3)39-17-22-9-6-8-21-7-4-5-10-24(21)22/h4-16H,17H2,1-3H3,(H,33,35,37)/b25-14+. The molecular formula is C31H25ClN2O5. The maximum absolute atomic E-state index is 13.3. The monoisotopic (exact) mass is 540 g/mol. The molecule has 0 radical (unpaired) electrons. The number of aryl methyl sites for hydroxylation is 2. The Kier molecular flexibility index (Phi) is 7.09. The van der Waals surface area contributed by atoms with E-state index in [9.17, 15) is 14.4 Å². The van der Waals surface area contributed by atoms with Crippen LogP contribution < -0.4 is 19.7 Å². The normalized spacial score (nSPS) is 14.6. The van der Waals surface area contributed by atoms with Crippen molar-refractivity contribution in [3.8, 4) is 11.5 Å². The highest BCUT2D eigenvalue weighted by Gasteiger charge is 2.37. The summed E-state index contributed by atoms with van der Waals surface area (Å²) >= 11 is 6.59. The van der Waals surface area contributed by atoms with E-state index < -0.39 is 17.8 Å². The molecule has 0 spiro atoms. The maximum atomic E-state index is 13.3. The summed E-state index contributed by atoms with van der Waals surface area (Å²) in [5.74, 6) is -0.863. The molecular weight excluding hydrogens is 516 g/mol. The molecule has 4 aromatic rings. The summed E-state index contributed by atoms with van der Waals surface area (Å²) in [6.07, 6.45) is 1.38. The lowest BCUT2D eigenvalue weighted by atomic mass is 10.0. The van der Waals surface area contributed by atoms with Gasteiger partial charge in [0.2, 0.25) is 0 Å². The van der Waals surface area contributed by atoms with Crippen LogP contribution in [0.4, 0.5) is 10.5 Å². The number of nitrogens with one attached hydrogen (secondary N) is 1. The molecule has 5 rings (SSSR count). The third-order valence-corrected chi connectivity index (χ3v) is 6.66. The van der Waals surface area contributed by atoms with Gasteiger partial charge in [-0.1, -0.05) is 60.1 Å². The molecule has 1 heterocycles. The zero-order valence-electron chi connectivity index (χ0n) is 21.6. The average molecular weight is 541 g/mol. The third-order valence-electron chi connectivity index (χ3n) is 6.38. The minimum Gasteiger partial charge on any atom is -0.493 e. The number of ether oxygens (including phenoxy) is 2. The zero-order chi connectivity index (χ0) is 27.7. The Morgan fingerprint density at radius 2 is 1.64 bits per heavy atom. The van der Waals surface area contributed by atoms with E-state index in [0.717, 1.165) is 32.4 Å². The number of fused-ring (bicyclic) bond motifs is 1. The van der Waals surface area contributed by atoms with Gasteiger partial charge in [-0.3, -0.25) is 14.9 Å². The zero-order valence-corrected chi connectivity index (χ0v) is 22.3. The SMILES string of the molecule is COc1cc(/C=C2\C(=O)NC(=O)N(c3cc(C)cc(C)c3)C2=O)cc(Cl)c1OCc1cccc2ccccc12. The first kappa shape index (κ1) is 26.0. The van der Waals surface area contributed by atoms with Crippen LogP contribution in [0.25, 0.3) is 16.8 Å². The molecule has 0 atom stereocenters. The van der Waals surface area contributed by atoms with Gasteiger partial charge in [0, 0.05) is 0 Å². The number of carbonyl (C=O) groups is 3. The Labute approximate surface area is 230 Å². The number of hydrogen-bond acceptors (Lipinski definition) is 5. The number of hydrogen-bond donors (Lipinski definition) is 1. The second kappa shape index (κ2) is 10.6. The van der Waals surface area contributed by atoms with Crippen LogP contribution in [0.15, 0.2) is 78.4 Å². The van der Waals surface area contributed by atoms with Crippen LogP contribution in [0.5, 0.6) is 11.5 Å². The molecule has 4 amide bonds. The highest BCUT2D eigenvalue weighted by Crippen LogP contribution is 2.38. The van der Waals surface area contributed by atoms with E-state index in [4.69, 9.17) is 21.1 Å². The number of amides is 4. The Morgan fingerprint density at radius 1 is 0.923 bits per heavy atom. The van der Waals surface area contributed by atoms with Crippen LogP contribution in [0, 0.1) is 13.8 Å². The summed E-state index contributed by atoms with van der Waals surface area (Å²) in [4.78, 5) is 39.5. The molecule has 1 aliphatic heterocycles. The number of halogens is 1. The predicted octanol–water partition coefficient (Wildman–Crippen LogP) is 6.36. The quantitative estimate of drug-likeness (QED) is 0.227. The number of imide groups is 2. The lowest BCUT2D eigenvalue weighted by molar-refractivity contribution is -0.122.